The third-order valence-electron chi connectivity index (χ3n) is 3.09. The molecule has 1 N–H and O–H groups in total. The summed E-state index contributed by atoms with van der Waals surface area (Å²) < 4.78 is 31.0. The fourth-order valence-corrected chi connectivity index (χ4v) is 2.97. The highest BCUT2D eigenvalue weighted by atomic mass is 32.2. The molecule has 1 heterocycles. The van der Waals surface area contributed by atoms with E-state index in [1.54, 1.807) is 23.1 Å². The number of anilines is 2. The number of hydrogen-bond donors (Lipinski definition) is 1. The zero-order valence-corrected chi connectivity index (χ0v) is 12.4. The van der Waals surface area contributed by atoms with Crippen molar-refractivity contribution in [2.24, 2.45) is 0 Å². The molecule has 1 amide bonds. The molecule has 0 unspecified atom stereocenters. The van der Waals surface area contributed by atoms with Gasteiger partial charge < -0.3 is 9.64 Å². The van der Waals surface area contributed by atoms with Crippen molar-refractivity contribution in [1.82, 2.24) is 0 Å². The smallest absolute Gasteiger partial charge is 0.244 e. The van der Waals surface area contributed by atoms with Gasteiger partial charge in [-0.15, -0.1) is 6.42 Å². The van der Waals surface area contributed by atoms with Crippen molar-refractivity contribution in [2.45, 2.75) is 12.8 Å². The van der Waals surface area contributed by atoms with Gasteiger partial charge in [0.2, 0.25) is 15.9 Å². The molecule has 2 rings (SSSR count). The molecular formula is C14H16N2O4S. The third-order valence-corrected chi connectivity index (χ3v) is 4.18. The first kappa shape index (κ1) is 15.2. The van der Waals surface area contributed by atoms with Crippen molar-refractivity contribution in [1.29, 1.82) is 0 Å². The Kier molecular flexibility index (Phi) is 4.38. The Morgan fingerprint density at radius 3 is 2.81 bits per heavy atom. The first-order chi connectivity index (χ1) is 9.96. The zero-order valence-electron chi connectivity index (χ0n) is 11.6. The fraction of sp³-hybridized carbons (Fsp3) is 0.357. The van der Waals surface area contributed by atoms with Crippen molar-refractivity contribution >= 4 is 27.3 Å². The minimum atomic E-state index is -3.59. The molecule has 1 fully saturated rings. The van der Waals surface area contributed by atoms with Gasteiger partial charge in [0.1, 0.15) is 11.5 Å². The summed E-state index contributed by atoms with van der Waals surface area (Å²) in [5.74, 6) is 2.20. The first-order valence-electron chi connectivity index (χ1n) is 6.39. The number of hydrogen-bond acceptors (Lipinski definition) is 4. The minimum absolute atomic E-state index is 0.00284. The van der Waals surface area contributed by atoms with Crippen molar-refractivity contribution in [3.8, 4) is 18.1 Å². The highest BCUT2D eigenvalue weighted by Gasteiger charge is 2.25. The minimum Gasteiger partial charge on any atom is -0.495 e. The second-order valence-corrected chi connectivity index (χ2v) is 6.32. The van der Waals surface area contributed by atoms with E-state index in [1.807, 2.05) is 0 Å². The highest BCUT2D eigenvalue weighted by Crippen LogP contribution is 2.34. The predicted octanol–water partition coefficient (Wildman–Crippen LogP) is 1.20. The summed E-state index contributed by atoms with van der Waals surface area (Å²) >= 11 is 0. The predicted molar refractivity (Wildman–Crippen MR) is 80.8 cm³/mol. The number of nitrogens with one attached hydrogen (secondary N) is 1. The summed E-state index contributed by atoms with van der Waals surface area (Å²) in [6, 6.07) is 4.77. The Morgan fingerprint density at radius 2 is 2.24 bits per heavy atom. The lowest BCUT2D eigenvalue weighted by Gasteiger charge is -2.20. The normalized spacial score (nSPS) is 14.9. The number of ether oxygens (including phenoxy) is 1. The Labute approximate surface area is 124 Å². The van der Waals surface area contributed by atoms with Crippen molar-refractivity contribution in [3.63, 3.8) is 0 Å². The number of amides is 1. The van der Waals surface area contributed by atoms with E-state index in [2.05, 4.69) is 10.6 Å². The van der Waals surface area contributed by atoms with E-state index in [0.29, 0.717) is 30.1 Å². The molecule has 1 saturated heterocycles. The van der Waals surface area contributed by atoms with Crippen LogP contribution in [-0.4, -0.2) is 33.7 Å². The molecule has 1 aromatic rings. The van der Waals surface area contributed by atoms with E-state index in [0.717, 1.165) is 6.42 Å². The van der Waals surface area contributed by atoms with Crippen molar-refractivity contribution in [2.75, 3.05) is 29.0 Å². The molecule has 7 heteroatoms. The van der Waals surface area contributed by atoms with Crippen LogP contribution < -0.4 is 14.4 Å². The number of nitrogens with zero attached hydrogens (tertiary/aromatic N) is 1. The second kappa shape index (κ2) is 6.06. The van der Waals surface area contributed by atoms with E-state index in [4.69, 9.17) is 11.2 Å². The van der Waals surface area contributed by atoms with Gasteiger partial charge in [-0.3, -0.25) is 9.52 Å². The zero-order chi connectivity index (χ0) is 15.5. The monoisotopic (exact) mass is 308 g/mol. The molecule has 0 saturated carbocycles. The summed E-state index contributed by atoms with van der Waals surface area (Å²) in [5, 5.41) is 0. The van der Waals surface area contributed by atoms with Crippen LogP contribution in [0, 0.1) is 12.3 Å². The summed E-state index contributed by atoms with van der Waals surface area (Å²) in [4.78, 5) is 13.4. The molecule has 0 radical (unpaired) electrons. The highest BCUT2D eigenvalue weighted by molar-refractivity contribution is 7.92. The topological polar surface area (TPSA) is 75.7 Å². The largest absolute Gasteiger partial charge is 0.495 e. The molecule has 1 aliphatic heterocycles. The number of carbonyl (C=O) groups is 1. The van der Waals surface area contributed by atoms with Gasteiger partial charge in [-0.25, -0.2) is 8.42 Å². The van der Waals surface area contributed by atoms with E-state index in [-0.39, 0.29) is 5.91 Å². The molecule has 0 atom stereocenters. The standard InChI is InChI=1S/C14H16N2O4S/c1-3-9-21(18,19)15-11-6-7-13(20-2)12(10-11)16-8-4-5-14(16)17/h1,6-7,10,15H,4-5,8-9H2,2H3. The van der Waals surface area contributed by atoms with E-state index >= 15 is 0 Å². The van der Waals surface area contributed by atoms with Crippen LogP contribution >= 0.6 is 0 Å². The second-order valence-electron chi connectivity index (χ2n) is 4.60. The third kappa shape index (κ3) is 3.47. The Bertz CT molecular complexity index is 691. The van der Waals surface area contributed by atoms with Crippen molar-refractivity contribution < 1.29 is 17.9 Å². The Balaban J connectivity index is 2.34. The molecule has 0 aliphatic carbocycles. The van der Waals surface area contributed by atoms with Gasteiger partial charge in [-0.2, -0.15) is 0 Å². The molecule has 0 spiro atoms. The van der Waals surface area contributed by atoms with Crippen LogP contribution in [0.5, 0.6) is 5.75 Å². The van der Waals surface area contributed by atoms with E-state index < -0.39 is 15.8 Å². The van der Waals surface area contributed by atoms with Crippen LogP contribution in [0.1, 0.15) is 12.8 Å². The number of sulfonamides is 1. The SMILES string of the molecule is C#CCS(=O)(=O)Nc1ccc(OC)c(N2CCCC2=O)c1. The average molecular weight is 308 g/mol. The van der Waals surface area contributed by atoms with Crippen LogP contribution in [0.2, 0.25) is 0 Å². The van der Waals surface area contributed by atoms with Crippen LogP contribution in [-0.2, 0) is 14.8 Å². The van der Waals surface area contributed by atoms with Crippen molar-refractivity contribution in [3.05, 3.63) is 18.2 Å². The van der Waals surface area contributed by atoms with Crippen LogP contribution in [0.3, 0.4) is 0 Å². The van der Waals surface area contributed by atoms with Gasteiger partial charge in [-0.05, 0) is 24.6 Å². The fourth-order valence-electron chi connectivity index (χ4n) is 2.19. The lowest BCUT2D eigenvalue weighted by atomic mass is 10.2. The molecule has 0 bridgehead atoms. The van der Waals surface area contributed by atoms with Crippen LogP contribution in [0.25, 0.3) is 0 Å². The molecule has 1 aromatic carbocycles. The van der Waals surface area contributed by atoms with Crippen LogP contribution in [0.4, 0.5) is 11.4 Å². The van der Waals surface area contributed by atoms with Gasteiger partial charge in [0.25, 0.3) is 0 Å². The number of rotatable bonds is 5. The molecule has 21 heavy (non-hydrogen) atoms. The number of terminal acetylenes is 1. The van der Waals surface area contributed by atoms with E-state index in [9.17, 15) is 13.2 Å². The number of methoxy groups -OCH3 is 1. The van der Waals surface area contributed by atoms with Gasteiger partial charge in [0.15, 0.2) is 0 Å². The molecule has 112 valence electrons. The maximum absolute atomic E-state index is 11.8. The maximum Gasteiger partial charge on any atom is 0.244 e. The molecule has 6 nitrogen and oxygen atoms in total. The van der Waals surface area contributed by atoms with Gasteiger partial charge in [0.05, 0.1) is 18.5 Å². The molecular weight excluding hydrogens is 292 g/mol. The Morgan fingerprint density at radius 1 is 1.48 bits per heavy atom. The van der Waals surface area contributed by atoms with Crippen LogP contribution in [0.15, 0.2) is 18.2 Å². The Hall–Kier alpha value is -2.20. The van der Waals surface area contributed by atoms with Gasteiger partial charge >= 0.3 is 0 Å². The number of benzene rings is 1. The summed E-state index contributed by atoms with van der Waals surface area (Å²) in [7, 11) is -2.09. The lowest BCUT2D eigenvalue weighted by molar-refractivity contribution is -0.117. The summed E-state index contributed by atoms with van der Waals surface area (Å²) in [6.45, 7) is 0.593. The average Bonchev–Trinajstić information content (AvgIpc) is 2.84. The summed E-state index contributed by atoms with van der Waals surface area (Å²) in [6.07, 6.45) is 6.27. The van der Waals surface area contributed by atoms with Gasteiger partial charge in [-0.1, -0.05) is 5.92 Å². The summed E-state index contributed by atoms with van der Waals surface area (Å²) in [5.41, 5.74) is 0.904. The quantitative estimate of drug-likeness (QED) is 0.829. The molecule has 1 aliphatic rings. The number of carbonyl (C=O) groups excluding carboxylic acids is 1. The first-order valence-corrected chi connectivity index (χ1v) is 8.04. The maximum atomic E-state index is 11.8. The molecule has 0 aromatic heterocycles. The van der Waals surface area contributed by atoms with E-state index in [1.165, 1.54) is 7.11 Å². The lowest BCUT2D eigenvalue weighted by Crippen LogP contribution is -2.24. The van der Waals surface area contributed by atoms with Gasteiger partial charge in [0, 0.05) is 13.0 Å².